The fourth-order valence-electron chi connectivity index (χ4n) is 2.12. The van der Waals surface area contributed by atoms with Gasteiger partial charge in [0.1, 0.15) is 6.29 Å². The van der Waals surface area contributed by atoms with Crippen molar-refractivity contribution in [2.45, 2.75) is 40.0 Å². The molecule has 0 aliphatic rings. The lowest BCUT2D eigenvalue weighted by atomic mass is 9.70. The van der Waals surface area contributed by atoms with Crippen LogP contribution in [0.25, 0.3) is 0 Å². The molecule has 0 aliphatic carbocycles. The molecule has 1 rings (SSSR count). The van der Waals surface area contributed by atoms with Crippen LogP contribution in [0.1, 0.15) is 45.6 Å². The van der Waals surface area contributed by atoms with E-state index >= 15 is 0 Å². The molecule has 0 spiro atoms. The summed E-state index contributed by atoms with van der Waals surface area (Å²) in [5.74, 6) is 0.969. The highest BCUT2D eigenvalue weighted by atomic mass is 16.1. The molecule has 0 heterocycles. The second kappa shape index (κ2) is 5.29. The Bertz CT molecular complexity index is 327. The maximum Gasteiger partial charge on any atom is 0.120 e. The van der Waals surface area contributed by atoms with Crippen LogP contribution in [0, 0.1) is 11.3 Å². The van der Waals surface area contributed by atoms with E-state index in [2.05, 4.69) is 52.0 Å². The largest absolute Gasteiger partial charge is 0.303 e. The van der Waals surface area contributed by atoms with E-state index < -0.39 is 0 Å². The fraction of sp³-hybridized carbons (Fsp3) is 0.533. The normalized spacial score (nSPS) is 15.5. The lowest BCUT2D eigenvalue weighted by Gasteiger charge is -2.34. The molecule has 0 saturated heterocycles. The van der Waals surface area contributed by atoms with Crippen molar-refractivity contribution in [2.75, 3.05) is 0 Å². The number of carbonyl (C=O) groups excluding carboxylic acids is 1. The molecule has 1 heteroatoms. The van der Waals surface area contributed by atoms with Gasteiger partial charge in [0, 0.05) is 6.42 Å². The zero-order chi connectivity index (χ0) is 12.2. The van der Waals surface area contributed by atoms with Gasteiger partial charge in [-0.15, -0.1) is 0 Å². The predicted molar refractivity (Wildman–Crippen MR) is 68.5 cm³/mol. The summed E-state index contributed by atoms with van der Waals surface area (Å²) in [7, 11) is 0. The van der Waals surface area contributed by atoms with Crippen LogP contribution < -0.4 is 0 Å². The lowest BCUT2D eigenvalue weighted by Crippen LogP contribution is -2.26. The van der Waals surface area contributed by atoms with Crippen LogP contribution in [0.5, 0.6) is 0 Å². The molecule has 0 aromatic heterocycles. The molecule has 1 aromatic carbocycles. The molecular weight excluding hydrogens is 196 g/mol. The van der Waals surface area contributed by atoms with Crippen molar-refractivity contribution in [3.63, 3.8) is 0 Å². The van der Waals surface area contributed by atoms with Crippen molar-refractivity contribution in [1.29, 1.82) is 0 Å². The highest BCUT2D eigenvalue weighted by molar-refractivity contribution is 5.50. The molecule has 0 bridgehead atoms. The second-order valence-electron chi connectivity index (χ2n) is 5.35. The topological polar surface area (TPSA) is 17.1 Å². The van der Waals surface area contributed by atoms with Gasteiger partial charge in [0.05, 0.1) is 0 Å². The molecule has 0 radical (unpaired) electrons. The maximum atomic E-state index is 10.7. The zero-order valence-electron chi connectivity index (χ0n) is 10.7. The number of hydrogen-bond donors (Lipinski definition) is 0. The number of hydrogen-bond acceptors (Lipinski definition) is 1. The maximum absolute atomic E-state index is 10.7. The Labute approximate surface area is 98.9 Å². The van der Waals surface area contributed by atoms with Gasteiger partial charge in [-0.1, -0.05) is 58.0 Å². The highest BCUT2D eigenvalue weighted by Crippen LogP contribution is 2.39. The molecule has 16 heavy (non-hydrogen) atoms. The third-order valence-electron chi connectivity index (χ3n) is 3.92. The Morgan fingerprint density at radius 1 is 1.19 bits per heavy atom. The average Bonchev–Trinajstić information content (AvgIpc) is 2.28. The Morgan fingerprint density at radius 2 is 1.75 bits per heavy atom. The molecule has 88 valence electrons. The summed E-state index contributed by atoms with van der Waals surface area (Å²) >= 11 is 0. The minimum absolute atomic E-state index is 0.0665. The van der Waals surface area contributed by atoms with Crippen molar-refractivity contribution in [3.8, 4) is 0 Å². The summed E-state index contributed by atoms with van der Waals surface area (Å²) in [6, 6.07) is 10.5. The standard InChI is InChI=1S/C15H22O/c1-12(14-8-6-5-7-9-14)13(2)15(3,4)10-11-16/h5-9,11-13H,10H2,1-4H3. The van der Waals surface area contributed by atoms with E-state index in [0.717, 1.165) is 6.29 Å². The van der Waals surface area contributed by atoms with Gasteiger partial charge in [-0.3, -0.25) is 0 Å². The third-order valence-corrected chi connectivity index (χ3v) is 3.92. The van der Waals surface area contributed by atoms with Gasteiger partial charge in [0.15, 0.2) is 0 Å². The van der Waals surface area contributed by atoms with Crippen molar-refractivity contribution >= 4 is 6.29 Å². The van der Waals surface area contributed by atoms with Crippen molar-refractivity contribution in [3.05, 3.63) is 35.9 Å². The Balaban J connectivity index is 2.82. The van der Waals surface area contributed by atoms with Gasteiger partial charge >= 0.3 is 0 Å². The smallest absolute Gasteiger partial charge is 0.120 e. The van der Waals surface area contributed by atoms with E-state index in [1.54, 1.807) is 0 Å². The van der Waals surface area contributed by atoms with E-state index in [-0.39, 0.29) is 5.41 Å². The summed E-state index contributed by atoms with van der Waals surface area (Å²) < 4.78 is 0. The predicted octanol–water partition coefficient (Wildman–Crippen LogP) is 4.04. The van der Waals surface area contributed by atoms with E-state index in [1.165, 1.54) is 5.56 Å². The Hall–Kier alpha value is -1.11. The summed E-state index contributed by atoms with van der Waals surface area (Å²) in [4.78, 5) is 10.7. The van der Waals surface area contributed by atoms with Gasteiger partial charge < -0.3 is 4.79 Å². The molecule has 0 N–H and O–H groups in total. The minimum atomic E-state index is 0.0665. The zero-order valence-corrected chi connectivity index (χ0v) is 10.7. The van der Waals surface area contributed by atoms with E-state index in [1.807, 2.05) is 6.07 Å². The molecule has 1 nitrogen and oxygen atoms in total. The van der Waals surface area contributed by atoms with Gasteiger partial charge in [-0.05, 0) is 22.8 Å². The van der Waals surface area contributed by atoms with Crippen LogP contribution in [-0.2, 0) is 4.79 Å². The van der Waals surface area contributed by atoms with E-state index in [9.17, 15) is 4.79 Å². The Kier molecular flexibility index (Phi) is 4.28. The van der Waals surface area contributed by atoms with E-state index in [4.69, 9.17) is 0 Å². The van der Waals surface area contributed by atoms with Gasteiger partial charge in [-0.2, -0.15) is 0 Å². The number of carbonyl (C=O) groups is 1. The average molecular weight is 218 g/mol. The van der Waals surface area contributed by atoms with Crippen LogP contribution in [0.2, 0.25) is 0 Å². The number of aldehydes is 1. The summed E-state index contributed by atoms with van der Waals surface area (Å²) in [5, 5.41) is 0. The van der Waals surface area contributed by atoms with Crippen LogP contribution in [0.3, 0.4) is 0 Å². The summed E-state index contributed by atoms with van der Waals surface area (Å²) in [5.41, 5.74) is 1.42. The molecule has 1 aromatic rings. The third kappa shape index (κ3) is 2.94. The van der Waals surface area contributed by atoms with Gasteiger partial charge in [0.2, 0.25) is 0 Å². The first-order chi connectivity index (χ1) is 7.49. The molecular formula is C15H22O. The SMILES string of the molecule is CC(c1ccccc1)C(C)C(C)(C)CC=O. The molecule has 0 fully saturated rings. The molecule has 2 unspecified atom stereocenters. The van der Waals surface area contributed by atoms with Crippen LogP contribution >= 0.6 is 0 Å². The first-order valence-electron chi connectivity index (χ1n) is 5.97. The molecule has 2 atom stereocenters. The van der Waals surface area contributed by atoms with Crippen molar-refractivity contribution in [1.82, 2.24) is 0 Å². The van der Waals surface area contributed by atoms with Gasteiger partial charge in [0.25, 0.3) is 0 Å². The molecule has 0 saturated carbocycles. The summed E-state index contributed by atoms with van der Waals surface area (Å²) in [6.07, 6.45) is 1.67. The number of benzene rings is 1. The molecule has 0 amide bonds. The first-order valence-corrected chi connectivity index (χ1v) is 5.97. The fourth-order valence-corrected chi connectivity index (χ4v) is 2.12. The molecule has 0 aliphatic heterocycles. The van der Waals surface area contributed by atoms with Crippen molar-refractivity contribution < 1.29 is 4.79 Å². The Morgan fingerprint density at radius 3 is 2.25 bits per heavy atom. The van der Waals surface area contributed by atoms with Gasteiger partial charge in [-0.25, -0.2) is 0 Å². The quantitative estimate of drug-likeness (QED) is 0.682. The highest BCUT2D eigenvalue weighted by Gasteiger charge is 2.30. The number of rotatable bonds is 5. The second-order valence-corrected chi connectivity index (χ2v) is 5.35. The van der Waals surface area contributed by atoms with E-state index in [0.29, 0.717) is 18.3 Å². The monoisotopic (exact) mass is 218 g/mol. The van der Waals surface area contributed by atoms with Crippen LogP contribution in [0.4, 0.5) is 0 Å². The van der Waals surface area contributed by atoms with Crippen LogP contribution in [-0.4, -0.2) is 6.29 Å². The minimum Gasteiger partial charge on any atom is -0.303 e. The lowest BCUT2D eigenvalue weighted by molar-refractivity contribution is -0.110. The van der Waals surface area contributed by atoms with Crippen LogP contribution in [0.15, 0.2) is 30.3 Å². The summed E-state index contributed by atoms with van der Waals surface area (Å²) in [6.45, 7) is 8.82. The first kappa shape index (κ1) is 13.0. The van der Waals surface area contributed by atoms with Crippen molar-refractivity contribution in [2.24, 2.45) is 11.3 Å².